The topological polar surface area (TPSA) is 177 Å². The van der Waals surface area contributed by atoms with Crippen molar-refractivity contribution >= 4 is 35.8 Å². The number of rotatable bonds is 15. The molecule has 4 atom stereocenters. The summed E-state index contributed by atoms with van der Waals surface area (Å²) in [6.07, 6.45) is -0.890. The Hall–Kier alpha value is -6.86. The quantitative estimate of drug-likeness (QED) is 0.125. The third-order valence-electron chi connectivity index (χ3n) is 14.4. The number of carbonyl (C=O) groups is 6. The second kappa shape index (κ2) is 18.3. The van der Waals surface area contributed by atoms with E-state index in [-0.39, 0.29) is 96.8 Å². The molecule has 6 aliphatic heterocycles. The van der Waals surface area contributed by atoms with Gasteiger partial charge in [-0.3, -0.25) is 48.3 Å². The fraction of sp³-hybridized carbons (Fsp3) is 0.444. The molecule has 0 N–H and O–H groups in total. The minimum atomic E-state index is -1.34. The molecule has 6 fully saturated rings. The van der Waals surface area contributed by atoms with Crippen LogP contribution in [0.15, 0.2) is 115 Å². The van der Waals surface area contributed by atoms with Gasteiger partial charge in [0, 0.05) is 19.5 Å². The Kier molecular flexibility index (Phi) is 12.4. The number of β-lactam (4-membered cyclic amide) rings is 4. The van der Waals surface area contributed by atoms with Gasteiger partial charge >= 0.3 is 12.2 Å². The predicted octanol–water partition coefficient (Wildman–Crippen LogP) is 6.14. The van der Waals surface area contributed by atoms with Crippen LogP contribution in [0.2, 0.25) is 0 Å². The zero-order chi connectivity index (χ0) is 50.7. The van der Waals surface area contributed by atoms with Crippen molar-refractivity contribution in [1.29, 1.82) is 0 Å². The maximum Gasteiger partial charge on any atom is 0.411 e. The van der Waals surface area contributed by atoms with Gasteiger partial charge in [-0.05, 0) is 75.3 Å². The highest BCUT2D eigenvalue weighted by Gasteiger charge is 2.74. The summed E-state index contributed by atoms with van der Waals surface area (Å²) in [6.45, 7) is 9.90. The molecular weight excluding hydrogens is 925 g/mol. The Morgan fingerprint density at radius 2 is 0.806 bits per heavy atom. The van der Waals surface area contributed by atoms with Gasteiger partial charge in [-0.15, -0.1) is 0 Å². The largest absolute Gasteiger partial charge is 0.444 e. The fourth-order valence-electron chi connectivity index (χ4n) is 10.9. The number of ether oxygens (including phenoxy) is 2. The van der Waals surface area contributed by atoms with E-state index in [1.165, 1.54) is 30.1 Å². The van der Waals surface area contributed by atoms with Gasteiger partial charge in [-0.2, -0.15) is 0 Å². The standard InChI is InChI=1S/C54H60N6O12/c1-49(2,3)71-47(65)55-32-51(30-53(55)36-59(45(53)63)68-27-39-18-11-7-12-19-39)35-58(44(51)62)70-29-42-23-15-22-41(24-42)25-50(4,5)72-48(66)56-33-52(34-57(43(52)61)67-26-38-16-9-6-10-17-38)31-54(56)37-60(46(54)64)69-28-40-20-13-8-14-21-40/h6-24H,25-37H2,1-5H3. The molecule has 378 valence electrons. The Labute approximate surface area is 418 Å². The molecule has 4 aromatic rings. The lowest BCUT2D eigenvalue weighted by Crippen LogP contribution is -2.73. The van der Waals surface area contributed by atoms with Crippen LogP contribution in [0.25, 0.3) is 0 Å². The lowest BCUT2D eigenvalue weighted by atomic mass is 9.72. The number of nitrogens with zero attached hydrogens (tertiary/aromatic N) is 6. The highest BCUT2D eigenvalue weighted by molar-refractivity contribution is 6.00. The smallest absolute Gasteiger partial charge is 0.411 e. The number of amides is 6. The molecule has 6 amide bonds. The van der Waals surface area contributed by atoms with E-state index in [9.17, 15) is 28.8 Å². The highest BCUT2D eigenvalue weighted by Crippen LogP contribution is 2.54. The van der Waals surface area contributed by atoms with Crippen LogP contribution in [-0.4, -0.2) is 127 Å². The first-order valence-electron chi connectivity index (χ1n) is 24.3. The summed E-state index contributed by atoms with van der Waals surface area (Å²) < 4.78 is 12.0. The average Bonchev–Trinajstić information content (AvgIpc) is 3.94. The van der Waals surface area contributed by atoms with E-state index in [2.05, 4.69) is 0 Å². The number of benzene rings is 4. The molecule has 0 aliphatic carbocycles. The Balaban J connectivity index is 0.762. The van der Waals surface area contributed by atoms with Crippen molar-refractivity contribution in [1.82, 2.24) is 30.1 Å². The summed E-state index contributed by atoms with van der Waals surface area (Å²) >= 11 is 0. The van der Waals surface area contributed by atoms with Crippen LogP contribution in [0.3, 0.4) is 0 Å². The van der Waals surface area contributed by atoms with E-state index in [0.29, 0.717) is 0 Å². The van der Waals surface area contributed by atoms with Gasteiger partial charge in [-0.25, -0.2) is 29.8 Å². The summed E-state index contributed by atoms with van der Waals surface area (Å²) in [6, 6.07) is 35.9. The summed E-state index contributed by atoms with van der Waals surface area (Å²) in [7, 11) is 0. The van der Waals surface area contributed by atoms with Gasteiger partial charge in [0.2, 0.25) is 0 Å². The molecule has 0 saturated carbocycles. The molecule has 0 aromatic heterocycles. The summed E-state index contributed by atoms with van der Waals surface area (Å²) in [5.41, 5.74) is -2.37. The van der Waals surface area contributed by atoms with Crippen molar-refractivity contribution in [3.8, 4) is 0 Å². The summed E-state index contributed by atoms with van der Waals surface area (Å²) in [5.74, 6) is -1.44. The molecule has 6 heterocycles. The summed E-state index contributed by atoms with van der Waals surface area (Å²) in [5, 5.41) is 5.07. The van der Waals surface area contributed by atoms with Crippen LogP contribution >= 0.6 is 0 Å². The van der Waals surface area contributed by atoms with E-state index >= 15 is 0 Å². The van der Waals surface area contributed by atoms with E-state index in [1.54, 1.807) is 34.6 Å². The van der Waals surface area contributed by atoms with E-state index in [4.69, 9.17) is 28.8 Å². The Morgan fingerprint density at radius 1 is 0.444 bits per heavy atom. The monoisotopic (exact) mass is 984 g/mol. The van der Waals surface area contributed by atoms with Gasteiger partial charge in [0.1, 0.15) is 48.7 Å². The molecular formula is C54H60N6O12. The third-order valence-corrected chi connectivity index (χ3v) is 14.4. The zero-order valence-corrected chi connectivity index (χ0v) is 41.2. The van der Waals surface area contributed by atoms with Gasteiger partial charge < -0.3 is 9.47 Å². The van der Waals surface area contributed by atoms with Gasteiger partial charge in [0.05, 0.1) is 37.0 Å². The van der Waals surface area contributed by atoms with Gasteiger partial charge in [-0.1, -0.05) is 115 Å². The second-order valence-electron chi connectivity index (χ2n) is 21.7. The van der Waals surface area contributed by atoms with E-state index < -0.39 is 57.1 Å². The molecule has 4 spiro atoms. The number of carbonyl (C=O) groups excluding carboxylic acids is 6. The van der Waals surface area contributed by atoms with Crippen molar-refractivity contribution in [3.05, 3.63) is 143 Å². The molecule has 18 heteroatoms. The summed E-state index contributed by atoms with van der Waals surface area (Å²) in [4.78, 5) is 110. The van der Waals surface area contributed by atoms with Crippen LogP contribution in [0.1, 0.15) is 75.3 Å². The van der Waals surface area contributed by atoms with Crippen LogP contribution < -0.4 is 0 Å². The lowest BCUT2D eigenvalue weighted by Gasteiger charge is -2.50. The molecule has 4 unspecified atom stereocenters. The Morgan fingerprint density at radius 3 is 1.19 bits per heavy atom. The Bertz CT molecular complexity index is 2760. The molecule has 4 aromatic carbocycles. The minimum Gasteiger partial charge on any atom is -0.444 e. The first kappa shape index (κ1) is 48.8. The number of hydrogen-bond donors (Lipinski definition) is 0. The van der Waals surface area contributed by atoms with Gasteiger partial charge in [0.25, 0.3) is 23.6 Å². The fourth-order valence-corrected chi connectivity index (χ4v) is 10.9. The molecule has 0 radical (unpaired) electrons. The van der Waals surface area contributed by atoms with E-state index in [1.807, 2.05) is 115 Å². The van der Waals surface area contributed by atoms with Crippen molar-refractivity contribution < 1.29 is 57.6 Å². The lowest BCUT2D eigenvalue weighted by molar-refractivity contribution is -0.247. The predicted molar refractivity (Wildman–Crippen MR) is 255 cm³/mol. The molecule has 10 rings (SSSR count). The normalized spacial score (nSPS) is 25.6. The van der Waals surface area contributed by atoms with Crippen molar-refractivity contribution in [2.24, 2.45) is 10.8 Å². The first-order chi connectivity index (χ1) is 34.3. The molecule has 6 aliphatic rings. The number of hydroxylamine groups is 8. The maximum atomic E-state index is 14.4. The zero-order valence-electron chi connectivity index (χ0n) is 41.2. The van der Waals surface area contributed by atoms with Crippen molar-refractivity contribution in [2.45, 2.75) is 103 Å². The van der Waals surface area contributed by atoms with Crippen molar-refractivity contribution in [2.75, 3.05) is 39.3 Å². The minimum absolute atomic E-state index is 0.00588. The van der Waals surface area contributed by atoms with Gasteiger partial charge in [0.15, 0.2) is 0 Å². The van der Waals surface area contributed by atoms with Crippen molar-refractivity contribution in [3.63, 3.8) is 0 Å². The van der Waals surface area contributed by atoms with E-state index in [0.717, 1.165) is 27.8 Å². The number of likely N-dealkylation sites (tertiary alicyclic amines) is 2. The highest BCUT2D eigenvalue weighted by atomic mass is 16.7. The van der Waals surface area contributed by atoms with Crippen LogP contribution in [-0.2, 0) is 80.9 Å². The molecule has 72 heavy (non-hydrogen) atoms. The molecule has 18 nitrogen and oxygen atoms in total. The molecule has 6 saturated heterocycles. The molecule has 0 bridgehead atoms. The maximum absolute atomic E-state index is 14.4. The third kappa shape index (κ3) is 9.05. The first-order valence-corrected chi connectivity index (χ1v) is 24.3. The second-order valence-corrected chi connectivity index (χ2v) is 21.7. The van der Waals surface area contributed by atoms with Crippen LogP contribution in [0.5, 0.6) is 0 Å². The number of hydrogen-bond acceptors (Lipinski definition) is 12. The van der Waals surface area contributed by atoms with Crippen LogP contribution in [0.4, 0.5) is 9.59 Å². The average molecular weight is 985 g/mol. The SMILES string of the molecule is CC(C)(C)OC(=O)N1CC2(CN(OCc3cccc(CC(C)(C)OC(=O)N4CC5(CN(OCc6ccccc6)C5=O)CC45CN(OCc4ccccc4)C5=O)c3)C2=O)CC12CN(OCc1ccccc1)C2=O. The van der Waals surface area contributed by atoms with Crippen LogP contribution in [0, 0.1) is 10.8 Å².